The third kappa shape index (κ3) is 6.61. The molecule has 0 amide bonds. The third-order valence-corrected chi connectivity index (χ3v) is 12.4. The fraction of sp³-hybridized carbons (Fsp3) is 0.364. The van der Waals surface area contributed by atoms with Gasteiger partial charge in [-0.2, -0.15) is 0 Å². The predicted octanol–water partition coefficient (Wildman–Crippen LogP) is 0.839. The third-order valence-electron chi connectivity index (χ3n) is 12.4. The Labute approximate surface area is 372 Å². The molecule has 0 radical (unpaired) electrons. The molecule has 0 aliphatic carbocycles. The summed E-state index contributed by atoms with van der Waals surface area (Å²) in [7, 11) is 9.08. The molecule has 1 N–H and O–H groups in total. The molecular formula is C44H46N10O12. The maximum atomic E-state index is 14.6. The van der Waals surface area contributed by atoms with Crippen LogP contribution in [0.4, 0.5) is 0 Å². The smallest absolute Gasteiger partial charge is 0.348 e. The molecule has 0 spiro atoms. The highest BCUT2D eigenvalue weighted by Gasteiger charge is 2.42. The highest BCUT2D eigenvalue weighted by atomic mass is 16.5. The van der Waals surface area contributed by atoms with Crippen LogP contribution in [-0.4, -0.2) is 87.1 Å². The Morgan fingerprint density at radius 2 is 1.15 bits per heavy atom. The number of hydrogen-bond acceptors (Lipinski definition) is 14. The maximum Gasteiger partial charge on any atom is 0.348 e. The van der Waals surface area contributed by atoms with Gasteiger partial charge in [0.1, 0.15) is 17.4 Å². The van der Waals surface area contributed by atoms with E-state index in [-0.39, 0.29) is 74.1 Å². The predicted molar refractivity (Wildman–Crippen MR) is 238 cm³/mol. The number of benzene rings is 3. The molecule has 4 aromatic heterocycles. The first kappa shape index (κ1) is 43.2. The van der Waals surface area contributed by atoms with E-state index in [0.29, 0.717) is 50.6 Å². The number of aromatic hydroxyl groups is 1. The first-order valence-corrected chi connectivity index (χ1v) is 21.0. The molecule has 2 aliphatic heterocycles. The van der Waals surface area contributed by atoms with Crippen molar-refractivity contribution in [2.45, 2.75) is 58.0 Å². The van der Waals surface area contributed by atoms with Gasteiger partial charge in [-0.15, -0.1) is 0 Å². The second kappa shape index (κ2) is 16.5. The van der Waals surface area contributed by atoms with Gasteiger partial charge in [0.2, 0.25) is 0 Å². The van der Waals surface area contributed by atoms with E-state index in [4.69, 9.17) is 23.7 Å². The Morgan fingerprint density at radius 1 is 0.652 bits per heavy atom. The molecule has 0 saturated heterocycles. The van der Waals surface area contributed by atoms with Gasteiger partial charge in [-0.05, 0) is 18.6 Å². The Morgan fingerprint density at radius 3 is 1.67 bits per heavy atom. The Hall–Kier alpha value is -8.04. The summed E-state index contributed by atoms with van der Waals surface area (Å²) >= 11 is 0. The number of phenols is 1. The molecule has 7 aromatic rings. The maximum absolute atomic E-state index is 14.6. The van der Waals surface area contributed by atoms with Crippen LogP contribution in [0.3, 0.4) is 0 Å². The van der Waals surface area contributed by atoms with E-state index in [1.807, 2.05) is 0 Å². The second-order valence-electron chi connectivity index (χ2n) is 15.8. The number of nitrogens with zero attached hydrogens (tertiary/aromatic N) is 10. The van der Waals surface area contributed by atoms with Crippen molar-refractivity contribution >= 4 is 22.1 Å². The summed E-state index contributed by atoms with van der Waals surface area (Å²) in [5, 5.41) is 11.7. The number of ether oxygens (including phenoxy) is 5. The molecule has 6 heterocycles. The van der Waals surface area contributed by atoms with Gasteiger partial charge in [-0.3, -0.25) is 9.59 Å². The van der Waals surface area contributed by atoms with Gasteiger partial charge in [0.05, 0.1) is 76.2 Å². The normalized spacial score (nSPS) is 15.3. The highest BCUT2D eigenvalue weighted by molar-refractivity contribution is 5.80. The first-order chi connectivity index (χ1) is 31.8. The van der Waals surface area contributed by atoms with Gasteiger partial charge in [0.15, 0.2) is 34.5 Å². The number of hydrogen-bond donors (Lipinski definition) is 1. The summed E-state index contributed by atoms with van der Waals surface area (Å²) < 4.78 is 37.1. The summed E-state index contributed by atoms with van der Waals surface area (Å²) in [4.78, 5) is 94.0. The number of fused-ring (bicyclic) bond motifs is 6. The SMILES string of the molecule is CCOc1cccc([C@H]2C3=CCn4c(=O)n(CCc5nc6cc(OC)c(OC)cc6n(C)c5=O)c(=O)n4[C@@H]3Cn3c(=O)n(CCc4nc5cc(OC)c(OC)cc5n(C)c4=O)c(=O)n32)c1O. The summed E-state index contributed by atoms with van der Waals surface area (Å²) in [5.74, 6) is 1.46. The van der Waals surface area contributed by atoms with Gasteiger partial charge in [-0.25, -0.2) is 57.0 Å². The van der Waals surface area contributed by atoms with Crippen LogP contribution < -0.4 is 57.6 Å². The van der Waals surface area contributed by atoms with Crippen molar-refractivity contribution in [3.05, 3.63) is 134 Å². The zero-order chi connectivity index (χ0) is 46.9. The van der Waals surface area contributed by atoms with Gasteiger partial charge < -0.3 is 37.9 Å². The molecule has 0 saturated carbocycles. The fourth-order valence-electron chi connectivity index (χ4n) is 9.13. The number of allylic oxidation sites excluding steroid dienone is 2. The van der Waals surface area contributed by atoms with E-state index in [2.05, 4.69) is 9.97 Å². The van der Waals surface area contributed by atoms with Crippen molar-refractivity contribution in [1.29, 1.82) is 0 Å². The molecule has 3 aromatic carbocycles. The molecule has 0 fully saturated rings. The standard InChI is InChI=1S/C44H46N10O12/c1-8-66-32-11-9-10-24(38(32)55)37-23-12-17-51-41(58)49(15-13-25-39(56)47(2)29-20-35(64-6)33(62-4)18-27(29)45-25)43(60)53(51)31(23)22-52-42(59)50(44(61)54(37)52)16-14-26-40(57)48(3)30-21-36(65-7)34(63-5)19-28(30)46-26/h9-12,18-21,31,37,55H,8,13-17,22H2,1-7H3/t31-,37-/m1/s1. The van der Waals surface area contributed by atoms with Gasteiger partial charge in [0, 0.05) is 69.9 Å². The lowest BCUT2D eigenvalue weighted by molar-refractivity contribution is 0.242. The van der Waals surface area contributed by atoms with Crippen molar-refractivity contribution < 1.29 is 28.8 Å². The molecule has 9 rings (SSSR count). The minimum Gasteiger partial charge on any atom is -0.504 e. The van der Waals surface area contributed by atoms with Gasteiger partial charge in [0.25, 0.3) is 11.1 Å². The van der Waals surface area contributed by atoms with E-state index >= 15 is 0 Å². The van der Waals surface area contributed by atoms with E-state index < -0.39 is 46.0 Å². The Balaban J connectivity index is 1.11. The van der Waals surface area contributed by atoms with Gasteiger partial charge in [-0.1, -0.05) is 18.2 Å². The van der Waals surface area contributed by atoms with E-state index in [1.54, 1.807) is 69.6 Å². The quantitative estimate of drug-likeness (QED) is 0.158. The Kier molecular flexibility index (Phi) is 10.8. The minimum atomic E-state index is -1.15. The number of aromatic nitrogens is 10. The van der Waals surface area contributed by atoms with Crippen LogP contribution in [0.2, 0.25) is 0 Å². The van der Waals surface area contributed by atoms with Crippen molar-refractivity contribution in [3.8, 4) is 34.5 Å². The number of methoxy groups -OCH3 is 4. The average molecular weight is 907 g/mol. The van der Waals surface area contributed by atoms with Crippen molar-refractivity contribution in [2.24, 2.45) is 14.1 Å². The average Bonchev–Trinajstić information content (AvgIpc) is 3.71. The minimum absolute atomic E-state index is 0.0828. The summed E-state index contributed by atoms with van der Waals surface area (Å²) in [6, 6.07) is 9.18. The van der Waals surface area contributed by atoms with Crippen molar-refractivity contribution in [1.82, 2.24) is 47.0 Å². The Bertz CT molecular complexity index is 3540. The zero-order valence-corrected chi connectivity index (χ0v) is 37.1. The van der Waals surface area contributed by atoms with E-state index in [0.717, 1.165) is 9.13 Å². The number of para-hydroxylation sites is 1. The molecule has 2 aliphatic rings. The number of rotatable bonds is 13. The van der Waals surface area contributed by atoms with Crippen LogP contribution in [-0.2, 0) is 53.1 Å². The first-order valence-electron chi connectivity index (χ1n) is 21.0. The van der Waals surface area contributed by atoms with E-state index in [9.17, 15) is 33.9 Å². The molecule has 66 heavy (non-hydrogen) atoms. The van der Waals surface area contributed by atoms with Gasteiger partial charge >= 0.3 is 22.8 Å². The molecule has 0 bridgehead atoms. The van der Waals surface area contributed by atoms with Crippen molar-refractivity contribution in [3.63, 3.8) is 0 Å². The summed E-state index contributed by atoms with van der Waals surface area (Å²) in [6.07, 6.45) is 1.51. The van der Waals surface area contributed by atoms with Crippen LogP contribution in [0.25, 0.3) is 22.1 Å². The molecule has 22 heteroatoms. The van der Waals surface area contributed by atoms with E-state index in [1.165, 1.54) is 56.3 Å². The van der Waals surface area contributed by atoms with Crippen LogP contribution in [0.5, 0.6) is 34.5 Å². The van der Waals surface area contributed by atoms with Crippen molar-refractivity contribution in [2.75, 3.05) is 35.0 Å². The van der Waals surface area contributed by atoms with Crippen LogP contribution in [0.1, 0.15) is 36.0 Å². The molecule has 0 unspecified atom stereocenters. The number of phenolic OH excluding ortho intramolecular Hbond substituents is 1. The summed E-state index contributed by atoms with van der Waals surface area (Å²) in [6.45, 7) is 1.15. The fourth-order valence-corrected chi connectivity index (χ4v) is 9.13. The molecule has 344 valence electrons. The number of aryl methyl sites for hydroxylation is 4. The monoisotopic (exact) mass is 906 g/mol. The lowest BCUT2D eigenvalue weighted by Gasteiger charge is -2.37. The molecule has 2 atom stereocenters. The summed E-state index contributed by atoms with van der Waals surface area (Å²) in [5.41, 5.74) is -1.09. The molecular weight excluding hydrogens is 861 g/mol. The molecule has 22 nitrogen and oxygen atoms in total. The van der Waals surface area contributed by atoms with Crippen LogP contribution >= 0.6 is 0 Å². The topological polar surface area (TPSA) is 234 Å². The highest BCUT2D eigenvalue weighted by Crippen LogP contribution is 2.44. The second-order valence-corrected chi connectivity index (χ2v) is 15.8. The largest absolute Gasteiger partial charge is 0.504 e. The lowest BCUT2D eigenvalue weighted by atomic mass is 9.89. The van der Waals surface area contributed by atoms with Crippen LogP contribution in [0.15, 0.2) is 82.9 Å². The lowest BCUT2D eigenvalue weighted by Crippen LogP contribution is -2.47. The zero-order valence-electron chi connectivity index (χ0n) is 37.1. The van der Waals surface area contributed by atoms with Crippen LogP contribution in [0, 0.1) is 0 Å².